The van der Waals surface area contributed by atoms with Gasteiger partial charge in [-0.05, 0) is 122 Å². The molecule has 0 amide bonds. The van der Waals surface area contributed by atoms with Gasteiger partial charge in [-0.25, -0.2) is 0 Å². The SMILES string of the molecule is C=C1C=C(CCCCCO[C@H]2CC[C@H]3[C@@H]4CC[C@H]5CC(=O)CC[C@]5(C)[C@H]4CC[C@]23C)c2ccc(N(C)C)cc2O1. The van der Waals surface area contributed by atoms with Gasteiger partial charge in [-0.2, -0.15) is 0 Å². The monoisotopic (exact) mass is 545 g/mol. The summed E-state index contributed by atoms with van der Waals surface area (Å²) < 4.78 is 12.6. The molecule has 4 saturated carbocycles. The van der Waals surface area contributed by atoms with E-state index in [1.807, 2.05) is 0 Å². The average molecular weight is 546 g/mol. The van der Waals surface area contributed by atoms with Crippen molar-refractivity contribution < 1.29 is 14.3 Å². The minimum absolute atomic E-state index is 0.344. The largest absolute Gasteiger partial charge is 0.457 e. The molecule has 4 heteroatoms. The third kappa shape index (κ3) is 4.97. The van der Waals surface area contributed by atoms with Gasteiger partial charge >= 0.3 is 0 Å². The smallest absolute Gasteiger partial charge is 0.136 e. The molecule has 0 spiro atoms. The molecule has 4 aliphatic carbocycles. The fourth-order valence-electron chi connectivity index (χ4n) is 9.88. The number of fused-ring (bicyclic) bond motifs is 6. The molecule has 5 aliphatic rings. The van der Waals surface area contributed by atoms with E-state index in [1.165, 1.54) is 56.1 Å². The second kappa shape index (κ2) is 11.0. The molecule has 40 heavy (non-hydrogen) atoms. The number of rotatable bonds is 8. The Morgan fingerprint density at radius 2 is 1.82 bits per heavy atom. The van der Waals surface area contributed by atoms with Crippen molar-refractivity contribution in [2.24, 2.45) is 34.5 Å². The Bertz CT molecular complexity index is 1170. The Morgan fingerprint density at radius 3 is 2.65 bits per heavy atom. The zero-order valence-electron chi connectivity index (χ0n) is 25.5. The van der Waals surface area contributed by atoms with Gasteiger partial charge < -0.3 is 14.4 Å². The van der Waals surface area contributed by atoms with Crippen LogP contribution in [-0.4, -0.2) is 32.6 Å². The molecule has 0 unspecified atom stereocenters. The highest BCUT2D eigenvalue weighted by Gasteiger charge is 2.60. The third-order valence-electron chi connectivity index (χ3n) is 12.2. The maximum Gasteiger partial charge on any atom is 0.136 e. The van der Waals surface area contributed by atoms with Crippen LogP contribution >= 0.6 is 0 Å². The summed E-state index contributed by atoms with van der Waals surface area (Å²) in [6.45, 7) is 10.1. The first-order valence-electron chi connectivity index (χ1n) is 16.2. The lowest BCUT2D eigenvalue weighted by atomic mass is 9.45. The van der Waals surface area contributed by atoms with Crippen molar-refractivity contribution in [3.8, 4) is 5.75 Å². The van der Waals surface area contributed by atoms with Crippen LogP contribution in [0, 0.1) is 34.5 Å². The number of Topliss-reactive ketones (excluding diaryl/α,β-unsaturated/α-hetero) is 1. The summed E-state index contributed by atoms with van der Waals surface area (Å²) in [6, 6.07) is 6.48. The number of nitrogens with zero attached hydrogens (tertiary/aromatic N) is 1. The number of ketones is 1. The maximum absolute atomic E-state index is 12.2. The maximum atomic E-state index is 12.2. The second-order valence-corrected chi connectivity index (χ2v) is 14.5. The lowest BCUT2D eigenvalue weighted by Gasteiger charge is -2.60. The van der Waals surface area contributed by atoms with Gasteiger partial charge in [0.05, 0.1) is 6.10 Å². The third-order valence-corrected chi connectivity index (χ3v) is 12.2. The standard InChI is InChI=1S/C36H51NO3/c1-24-21-25(29-13-11-27(37(4)5)23-33(29)40-24)9-7-6-8-20-39-34-15-14-31-30-12-10-26-22-28(38)16-18-35(26,2)32(30)17-19-36(31,34)3/h11,13,21,23,26,30-32,34H,1,6-10,12,14-20,22H2,2-5H3/t26-,30-,31-,32-,34-,35-,36-/m0/s1. The summed E-state index contributed by atoms with van der Waals surface area (Å²) in [5.74, 6) is 5.32. The predicted octanol–water partition coefficient (Wildman–Crippen LogP) is 8.60. The summed E-state index contributed by atoms with van der Waals surface area (Å²) in [5.41, 5.74) is 4.44. The number of ether oxygens (including phenoxy) is 2. The van der Waals surface area contributed by atoms with E-state index in [2.05, 4.69) is 63.7 Å². The van der Waals surface area contributed by atoms with Crippen LogP contribution in [-0.2, 0) is 9.53 Å². The van der Waals surface area contributed by atoms with Crippen molar-refractivity contribution >= 4 is 17.0 Å². The normalized spacial score (nSPS) is 36.6. The summed E-state index contributed by atoms with van der Waals surface area (Å²) in [6.07, 6.45) is 17.8. The second-order valence-electron chi connectivity index (χ2n) is 14.5. The number of hydrogen-bond donors (Lipinski definition) is 0. The van der Waals surface area contributed by atoms with Crippen LogP contribution in [0.2, 0.25) is 0 Å². The van der Waals surface area contributed by atoms with Gasteiger partial charge in [-0.3, -0.25) is 4.79 Å². The molecule has 1 heterocycles. The molecule has 7 atom stereocenters. The fraction of sp³-hybridized carbons (Fsp3) is 0.694. The van der Waals surface area contributed by atoms with Crippen LogP contribution in [0.4, 0.5) is 5.69 Å². The van der Waals surface area contributed by atoms with Crippen LogP contribution in [0.1, 0.15) is 103 Å². The molecule has 6 rings (SSSR count). The number of carbonyl (C=O) groups is 1. The van der Waals surface area contributed by atoms with Gasteiger partial charge in [-0.1, -0.05) is 26.8 Å². The molecule has 1 aromatic rings. The van der Waals surface area contributed by atoms with Gasteiger partial charge in [-0.15, -0.1) is 0 Å². The van der Waals surface area contributed by atoms with Crippen molar-refractivity contribution in [1.29, 1.82) is 0 Å². The van der Waals surface area contributed by atoms with E-state index in [1.54, 1.807) is 0 Å². The number of anilines is 1. The molecule has 0 aromatic heterocycles. The minimum atomic E-state index is 0.344. The average Bonchev–Trinajstić information content (AvgIpc) is 3.26. The molecule has 0 bridgehead atoms. The topological polar surface area (TPSA) is 38.8 Å². The first kappa shape index (κ1) is 28.1. The zero-order chi connectivity index (χ0) is 28.1. The Kier molecular flexibility index (Phi) is 7.70. The number of benzene rings is 1. The number of hydrogen-bond acceptors (Lipinski definition) is 4. The Morgan fingerprint density at radius 1 is 1.00 bits per heavy atom. The highest BCUT2D eigenvalue weighted by atomic mass is 16.5. The molecule has 4 nitrogen and oxygen atoms in total. The van der Waals surface area contributed by atoms with Crippen molar-refractivity contribution in [2.45, 2.75) is 103 Å². The lowest BCUT2D eigenvalue weighted by molar-refractivity contribution is -0.145. The van der Waals surface area contributed by atoms with Gasteiger partial charge in [0.2, 0.25) is 0 Å². The van der Waals surface area contributed by atoms with Gasteiger partial charge in [0.1, 0.15) is 17.3 Å². The van der Waals surface area contributed by atoms with E-state index in [0.29, 0.717) is 28.6 Å². The zero-order valence-corrected chi connectivity index (χ0v) is 25.5. The molecule has 218 valence electrons. The minimum Gasteiger partial charge on any atom is -0.457 e. The summed E-state index contributed by atoms with van der Waals surface area (Å²) in [7, 11) is 4.11. The molecule has 4 fully saturated rings. The van der Waals surface area contributed by atoms with Crippen LogP contribution in [0.5, 0.6) is 5.75 Å². The van der Waals surface area contributed by atoms with Crippen LogP contribution < -0.4 is 9.64 Å². The van der Waals surface area contributed by atoms with E-state index < -0.39 is 0 Å². The van der Waals surface area contributed by atoms with Crippen molar-refractivity contribution in [2.75, 3.05) is 25.6 Å². The van der Waals surface area contributed by atoms with Gasteiger partial charge in [0.15, 0.2) is 0 Å². The summed E-state index contributed by atoms with van der Waals surface area (Å²) in [5, 5.41) is 0. The van der Waals surface area contributed by atoms with Crippen LogP contribution in [0.15, 0.2) is 36.6 Å². The van der Waals surface area contributed by atoms with E-state index >= 15 is 0 Å². The molecule has 0 radical (unpaired) electrons. The Hall–Kier alpha value is -2.07. The van der Waals surface area contributed by atoms with Gasteiger partial charge in [0.25, 0.3) is 0 Å². The quantitative estimate of drug-likeness (QED) is 0.307. The summed E-state index contributed by atoms with van der Waals surface area (Å²) >= 11 is 0. The fourth-order valence-corrected chi connectivity index (χ4v) is 9.88. The molecule has 0 N–H and O–H groups in total. The van der Waals surface area contributed by atoms with Crippen molar-refractivity contribution in [3.63, 3.8) is 0 Å². The highest BCUT2D eigenvalue weighted by Crippen LogP contribution is 2.66. The molecular formula is C36H51NO3. The first-order valence-corrected chi connectivity index (χ1v) is 16.2. The summed E-state index contributed by atoms with van der Waals surface area (Å²) in [4.78, 5) is 14.3. The Labute approximate surface area is 242 Å². The van der Waals surface area contributed by atoms with Crippen LogP contribution in [0.3, 0.4) is 0 Å². The lowest BCUT2D eigenvalue weighted by Crippen LogP contribution is -2.54. The van der Waals surface area contributed by atoms with E-state index in [-0.39, 0.29) is 0 Å². The Balaban J connectivity index is 0.987. The number of carbonyl (C=O) groups excluding carboxylic acids is 1. The predicted molar refractivity (Wildman–Crippen MR) is 163 cm³/mol. The molecule has 1 aliphatic heterocycles. The van der Waals surface area contributed by atoms with E-state index in [9.17, 15) is 4.79 Å². The van der Waals surface area contributed by atoms with Gasteiger partial charge in [0, 0.05) is 50.9 Å². The molecule has 0 saturated heterocycles. The first-order chi connectivity index (χ1) is 19.2. The van der Waals surface area contributed by atoms with Crippen LogP contribution in [0.25, 0.3) is 5.57 Å². The van der Waals surface area contributed by atoms with Crippen molar-refractivity contribution in [3.05, 3.63) is 42.2 Å². The number of unbranched alkanes of at least 4 members (excludes halogenated alkanes) is 2. The number of allylic oxidation sites excluding steroid dienone is 2. The molecular weight excluding hydrogens is 494 g/mol. The highest BCUT2D eigenvalue weighted by molar-refractivity contribution is 5.79. The molecule has 1 aromatic carbocycles. The van der Waals surface area contributed by atoms with Crippen molar-refractivity contribution in [1.82, 2.24) is 0 Å². The van der Waals surface area contributed by atoms with E-state index in [0.717, 1.165) is 80.1 Å². The van der Waals surface area contributed by atoms with E-state index in [4.69, 9.17) is 9.47 Å².